The highest BCUT2D eigenvalue weighted by Gasteiger charge is 2.03. The van der Waals surface area contributed by atoms with Gasteiger partial charge in [0.2, 0.25) is 7.98 Å². The molecule has 1 aliphatic rings. The summed E-state index contributed by atoms with van der Waals surface area (Å²) in [5, 5.41) is 0. The molecule has 34 valence electrons. The van der Waals surface area contributed by atoms with Crippen molar-refractivity contribution in [3.8, 4) is 0 Å². The van der Waals surface area contributed by atoms with Gasteiger partial charge in [0.25, 0.3) is 0 Å². The Morgan fingerprint density at radius 1 is 1.67 bits per heavy atom. The second-order valence-corrected chi connectivity index (χ2v) is 1.54. The second-order valence-electron chi connectivity index (χ2n) is 1.54. The monoisotopic (exact) mass is 85.1 g/mol. The molecule has 3 heteroatoms. The van der Waals surface area contributed by atoms with Gasteiger partial charge in [0.1, 0.15) is 0 Å². The van der Waals surface area contributed by atoms with E-state index in [0.29, 0.717) is 0 Å². The normalized spacial score (nSPS) is 25.3. The summed E-state index contributed by atoms with van der Waals surface area (Å²) in [5.41, 5.74) is 0. The van der Waals surface area contributed by atoms with Crippen LogP contribution in [0.2, 0.25) is 0 Å². The number of rotatable bonds is 0. The first-order valence-electron chi connectivity index (χ1n) is 2.23. The molecule has 1 saturated heterocycles. The van der Waals surface area contributed by atoms with Gasteiger partial charge in [0, 0.05) is 6.54 Å². The van der Waals surface area contributed by atoms with Crippen LogP contribution in [0.1, 0.15) is 6.42 Å². The van der Waals surface area contributed by atoms with Crippen molar-refractivity contribution in [3.63, 3.8) is 0 Å². The number of hydrogen-bond acceptors (Lipinski definition) is 2. The summed E-state index contributed by atoms with van der Waals surface area (Å²) < 4.78 is 0. The van der Waals surface area contributed by atoms with Crippen LogP contribution < -0.4 is 0 Å². The average molecular weight is 84.9 g/mol. The molecule has 1 rings (SSSR count). The number of hydrogen-bond donors (Lipinski definition) is 0. The van der Waals surface area contributed by atoms with Gasteiger partial charge < -0.3 is 4.84 Å². The Labute approximate surface area is 38.5 Å². The number of nitrogens with zero attached hydrogens (tertiary/aromatic N) is 1. The lowest BCUT2D eigenvalue weighted by Crippen LogP contribution is -2.11. The quantitative estimate of drug-likeness (QED) is 0.356. The first-order valence-corrected chi connectivity index (χ1v) is 2.23. The fraction of sp³-hybridized carbons (Fsp3) is 1.00. The second kappa shape index (κ2) is 1.62. The molecule has 1 aliphatic heterocycles. The Bertz CT molecular complexity index is 44.1. The van der Waals surface area contributed by atoms with Crippen molar-refractivity contribution < 1.29 is 4.84 Å². The van der Waals surface area contributed by atoms with E-state index in [4.69, 9.17) is 4.84 Å². The maximum Gasteiger partial charge on any atom is 0.221 e. The van der Waals surface area contributed by atoms with Crippen molar-refractivity contribution in [1.29, 1.82) is 0 Å². The minimum absolute atomic E-state index is 0.913. The summed E-state index contributed by atoms with van der Waals surface area (Å²) in [6.45, 7) is 2.01. The molecule has 0 bridgehead atoms. The van der Waals surface area contributed by atoms with Gasteiger partial charge >= 0.3 is 0 Å². The van der Waals surface area contributed by atoms with Crippen LogP contribution in [0.25, 0.3) is 0 Å². The summed E-state index contributed by atoms with van der Waals surface area (Å²) >= 11 is 0. The minimum Gasteiger partial charge on any atom is -0.311 e. The van der Waals surface area contributed by atoms with E-state index in [1.165, 1.54) is 6.42 Å². The van der Waals surface area contributed by atoms with Crippen LogP contribution in [0.4, 0.5) is 0 Å². The summed E-state index contributed by atoms with van der Waals surface area (Å²) in [4.78, 5) is 6.85. The molecule has 0 aromatic carbocycles. The molecular weight excluding hydrogens is 76.9 g/mol. The molecule has 0 N–H and O–H groups in total. The zero-order valence-electron chi connectivity index (χ0n) is 3.98. The van der Waals surface area contributed by atoms with Crippen molar-refractivity contribution in [2.45, 2.75) is 6.42 Å². The molecule has 6 heavy (non-hydrogen) atoms. The van der Waals surface area contributed by atoms with Gasteiger partial charge in [-0.3, -0.25) is 0 Å². The standard InChI is InChI=1S/C3H8BNO/c4-5-2-1-3-6-5/h1-4H2. The topological polar surface area (TPSA) is 12.5 Å². The minimum atomic E-state index is 0.913. The molecule has 0 spiro atoms. The van der Waals surface area contributed by atoms with Crippen molar-refractivity contribution >= 4 is 7.98 Å². The van der Waals surface area contributed by atoms with E-state index in [1.807, 2.05) is 13.0 Å². The first kappa shape index (κ1) is 4.15. The Morgan fingerprint density at radius 2 is 2.50 bits per heavy atom. The molecule has 0 unspecified atom stereocenters. The van der Waals surface area contributed by atoms with Crippen LogP contribution >= 0.6 is 0 Å². The highest BCUT2D eigenvalue weighted by Crippen LogP contribution is 1.96. The van der Waals surface area contributed by atoms with E-state index < -0.39 is 0 Å². The van der Waals surface area contributed by atoms with Gasteiger partial charge in [-0.15, -0.1) is 0 Å². The lowest BCUT2D eigenvalue weighted by atomic mass is 10.4. The third-order valence-electron chi connectivity index (χ3n) is 0.929. The molecule has 0 amide bonds. The van der Waals surface area contributed by atoms with E-state index in [9.17, 15) is 0 Å². The Hall–Kier alpha value is -0.0151. The van der Waals surface area contributed by atoms with Gasteiger partial charge in [-0.05, 0) is 6.42 Å². The highest BCUT2D eigenvalue weighted by atomic mass is 16.7. The fourth-order valence-corrected chi connectivity index (χ4v) is 0.572. The zero-order chi connectivity index (χ0) is 4.41. The largest absolute Gasteiger partial charge is 0.311 e. The van der Waals surface area contributed by atoms with Gasteiger partial charge in [-0.2, -0.15) is 0 Å². The van der Waals surface area contributed by atoms with E-state index in [1.54, 1.807) is 0 Å². The van der Waals surface area contributed by atoms with Crippen molar-refractivity contribution in [2.75, 3.05) is 13.2 Å². The lowest BCUT2D eigenvalue weighted by Gasteiger charge is -2.01. The Kier molecular flexibility index (Phi) is 1.12. The highest BCUT2D eigenvalue weighted by molar-refractivity contribution is 6.03. The average Bonchev–Trinajstić information content (AvgIpc) is 1.86. The molecule has 0 aromatic heterocycles. The van der Waals surface area contributed by atoms with Gasteiger partial charge in [-0.25, -0.2) is 4.97 Å². The van der Waals surface area contributed by atoms with Gasteiger partial charge in [0.05, 0.1) is 6.61 Å². The van der Waals surface area contributed by atoms with Crippen LogP contribution in [-0.4, -0.2) is 26.1 Å². The van der Waals surface area contributed by atoms with E-state index in [2.05, 4.69) is 0 Å². The molecule has 0 aromatic rings. The third kappa shape index (κ3) is 0.728. The smallest absolute Gasteiger partial charge is 0.221 e. The van der Waals surface area contributed by atoms with Gasteiger partial charge in [0.15, 0.2) is 0 Å². The Morgan fingerprint density at radius 3 is 2.67 bits per heavy atom. The van der Waals surface area contributed by atoms with Crippen molar-refractivity contribution in [1.82, 2.24) is 4.97 Å². The lowest BCUT2D eigenvalue weighted by molar-refractivity contribution is -0.0278. The van der Waals surface area contributed by atoms with Crippen LogP contribution in [0, 0.1) is 0 Å². The third-order valence-corrected chi connectivity index (χ3v) is 0.929. The molecule has 2 nitrogen and oxygen atoms in total. The summed E-state index contributed by atoms with van der Waals surface area (Å²) in [6, 6.07) is 0. The van der Waals surface area contributed by atoms with Gasteiger partial charge in [-0.1, -0.05) is 0 Å². The number of hydroxylamine groups is 1. The molecule has 0 atom stereocenters. The summed E-state index contributed by atoms with van der Waals surface area (Å²) in [6.07, 6.45) is 1.19. The first-order chi connectivity index (χ1) is 2.89. The van der Waals surface area contributed by atoms with Crippen LogP contribution in [0.15, 0.2) is 0 Å². The van der Waals surface area contributed by atoms with Crippen LogP contribution in [0.3, 0.4) is 0 Å². The predicted octanol–water partition coefficient (Wildman–Crippen LogP) is -0.828. The summed E-state index contributed by atoms with van der Waals surface area (Å²) in [7, 11) is 1.95. The molecular formula is C3H8BNO. The van der Waals surface area contributed by atoms with E-state index >= 15 is 0 Å². The zero-order valence-corrected chi connectivity index (χ0v) is 3.98. The molecule has 0 saturated carbocycles. The maximum atomic E-state index is 4.99. The van der Waals surface area contributed by atoms with Crippen LogP contribution in [0.5, 0.6) is 0 Å². The van der Waals surface area contributed by atoms with Crippen molar-refractivity contribution in [3.05, 3.63) is 0 Å². The predicted molar refractivity (Wildman–Crippen MR) is 25.8 cm³/mol. The van der Waals surface area contributed by atoms with E-state index in [0.717, 1.165) is 13.2 Å². The Balaban J connectivity index is 2.18. The molecule has 1 heterocycles. The van der Waals surface area contributed by atoms with Crippen molar-refractivity contribution in [2.24, 2.45) is 0 Å². The molecule has 1 fully saturated rings. The van der Waals surface area contributed by atoms with E-state index in [-0.39, 0.29) is 0 Å². The van der Waals surface area contributed by atoms with Crippen LogP contribution in [-0.2, 0) is 4.84 Å². The molecule has 0 radical (unpaired) electrons. The SMILES string of the molecule is BN1CCCO1. The molecule has 0 aliphatic carbocycles. The summed E-state index contributed by atoms with van der Waals surface area (Å²) in [5.74, 6) is 0. The maximum absolute atomic E-state index is 4.99. The fourth-order valence-electron chi connectivity index (χ4n) is 0.572.